The average Bonchev–Trinajstić information content (AvgIpc) is 2.43. The lowest BCUT2D eigenvalue weighted by Gasteiger charge is -2.26. The summed E-state index contributed by atoms with van der Waals surface area (Å²) in [5.74, 6) is -0.00313. The molecule has 1 N–H and O–H groups in total. The summed E-state index contributed by atoms with van der Waals surface area (Å²) in [6.45, 7) is 1.19. The van der Waals surface area contributed by atoms with Gasteiger partial charge in [0.2, 0.25) is 5.91 Å². The van der Waals surface area contributed by atoms with Crippen LogP contribution in [0.4, 0.5) is 10.1 Å². The maximum Gasteiger partial charge on any atom is 0.238 e. The first-order valence-corrected chi connectivity index (χ1v) is 7.86. The van der Waals surface area contributed by atoms with Crippen LogP contribution in [0.15, 0.2) is 18.2 Å². The van der Waals surface area contributed by atoms with E-state index in [2.05, 4.69) is 5.32 Å². The van der Waals surface area contributed by atoms with Crippen molar-refractivity contribution in [2.45, 2.75) is 32.1 Å². The van der Waals surface area contributed by atoms with Crippen molar-refractivity contribution in [2.24, 2.45) is 5.92 Å². The molecule has 0 radical (unpaired) electrons. The summed E-state index contributed by atoms with van der Waals surface area (Å²) in [5, 5.41) is 2.98. The van der Waals surface area contributed by atoms with Gasteiger partial charge in [0.1, 0.15) is 5.82 Å². The summed E-state index contributed by atoms with van der Waals surface area (Å²) in [6, 6.07) is 4.14. The van der Waals surface area contributed by atoms with Gasteiger partial charge in [-0.05, 0) is 44.0 Å². The molecular weight excluding hydrogens is 291 g/mol. The van der Waals surface area contributed by atoms with Crippen LogP contribution in [-0.2, 0) is 4.79 Å². The molecule has 0 atom stereocenters. The highest BCUT2D eigenvalue weighted by Crippen LogP contribution is 2.24. The van der Waals surface area contributed by atoms with E-state index < -0.39 is 5.82 Å². The first-order valence-electron chi connectivity index (χ1n) is 7.48. The van der Waals surface area contributed by atoms with E-state index in [4.69, 9.17) is 11.6 Å². The van der Waals surface area contributed by atoms with Gasteiger partial charge in [-0.3, -0.25) is 9.69 Å². The van der Waals surface area contributed by atoms with Crippen LogP contribution in [0, 0.1) is 11.7 Å². The molecule has 0 heterocycles. The molecule has 3 nitrogen and oxygen atoms in total. The zero-order valence-corrected chi connectivity index (χ0v) is 13.1. The molecule has 0 aliphatic heterocycles. The predicted octanol–water partition coefficient (Wildman–Crippen LogP) is 3.93. The summed E-state index contributed by atoms with van der Waals surface area (Å²) < 4.78 is 13.6. The summed E-state index contributed by atoms with van der Waals surface area (Å²) in [6.07, 6.45) is 6.40. The van der Waals surface area contributed by atoms with Crippen molar-refractivity contribution >= 4 is 23.2 Å². The Kier molecular flexibility index (Phi) is 6.00. The van der Waals surface area contributed by atoms with Gasteiger partial charge < -0.3 is 5.32 Å². The lowest BCUT2D eigenvalue weighted by Crippen LogP contribution is -2.34. The van der Waals surface area contributed by atoms with Gasteiger partial charge in [-0.15, -0.1) is 0 Å². The van der Waals surface area contributed by atoms with E-state index in [9.17, 15) is 9.18 Å². The molecule has 5 heteroatoms. The van der Waals surface area contributed by atoms with Gasteiger partial charge in [-0.25, -0.2) is 4.39 Å². The number of anilines is 1. The molecule has 1 aromatic carbocycles. The molecule has 2 rings (SSSR count). The summed E-state index contributed by atoms with van der Waals surface area (Å²) in [5.41, 5.74) is 0.138. The third-order valence-electron chi connectivity index (χ3n) is 3.91. The Morgan fingerprint density at radius 2 is 2.10 bits per heavy atom. The topological polar surface area (TPSA) is 32.3 Å². The van der Waals surface area contributed by atoms with E-state index in [1.807, 2.05) is 11.9 Å². The van der Waals surface area contributed by atoms with E-state index in [0.29, 0.717) is 10.9 Å². The van der Waals surface area contributed by atoms with Gasteiger partial charge in [-0.1, -0.05) is 30.9 Å². The molecule has 116 valence electrons. The standard InChI is InChI=1S/C16H22ClFN2O/c1-20(10-12-5-3-2-4-6-12)11-16(21)19-15-9-13(17)7-8-14(15)18/h7-9,12H,2-6,10-11H2,1H3,(H,19,21). The maximum atomic E-state index is 13.6. The number of carbonyl (C=O) groups excluding carboxylic acids is 1. The van der Waals surface area contributed by atoms with Gasteiger partial charge in [0.05, 0.1) is 12.2 Å². The number of hydrogen-bond acceptors (Lipinski definition) is 2. The van der Waals surface area contributed by atoms with Crippen LogP contribution in [0.25, 0.3) is 0 Å². The highest BCUT2D eigenvalue weighted by Gasteiger charge is 2.17. The van der Waals surface area contributed by atoms with Crippen LogP contribution in [-0.4, -0.2) is 30.9 Å². The Hall–Kier alpha value is -1.13. The Balaban J connectivity index is 1.81. The number of rotatable bonds is 5. The lowest BCUT2D eigenvalue weighted by atomic mass is 9.89. The van der Waals surface area contributed by atoms with Gasteiger partial charge in [0.15, 0.2) is 0 Å². The predicted molar refractivity (Wildman–Crippen MR) is 84.1 cm³/mol. The first-order chi connectivity index (χ1) is 10.0. The van der Waals surface area contributed by atoms with Crippen molar-refractivity contribution < 1.29 is 9.18 Å². The molecule has 0 unspecified atom stereocenters. The average molecular weight is 313 g/mol. The highest BCUT2D eigenvalue weighted by molar-refractivity contribution is 6.30. The zero-order valence-electron chi connectivity index (χ0n) is 12.4. The molecule has 1 aliphatic carbocycles. The summed E-state index contributed by atoms with van der Waals surface area (Å²) in [4.78, 5) is 14.0. The van der Waals surface area contributed by atoms with Crippen LogP contribution in [0.1, 0.15) is 32.1 Å². The van der Waals surface area contributed by atoms with Crippen LogP contribution < -0.4 is 5.32 Å². The fraction of sp³-hybridized carbons (Fsp3) is 0.562. The van der Waals surface area contributed by atoms with Crippen LogP contribution in [0.2, 0.25) is 5.02 Å². The minimum Gasteiger partial charge on any atom is -0.322 e. The van der Waals surface area contributed by atoms with Crippen LogP contribution in [0.3, 0.4) is 0 Å². The minimum atomic E-state index is -0.470. The Labute approximate surface area is 130 Å². The van der Waals surface area contributed by atoms with Gasteiger partial charge in [0, 0.05) is 11.6 Å². The normalized spacial score (nSPS) is 16.2. The molecule has 0 spiro atoms. The second-order valence-corrected chi connectivity index (χ2v) is 6.31. The second-order valence-electron chi connectivity index (χ2n) is 5.87. The smallest absolute Gasteiger partial charge is 0.238 e. The lowest BCUT2D eigenvalue weighted by molar-refractivity contribution is -0.117. The second kappa shape index (κ2) is 7.76. The first kappa shape index (κ1) is 16.2. The van der Waals surface area contributed by atoms with Gasteiger partial charge in [0.25, 0.3) is 0 Å². The van der Waals surface area contributed by atoms with Crippen molar-refractivity contribution in [1.29, 1.82) is 0 Å². The van der Waals surface area contributed by atoms with E-state index in [1.165, 1.54) is 50.3 Å². The van der Waals surface area contributed by atoms with E-state index >= 15 is 0 Å². The molecule has 1 fully saturated rings. The van der Waals surface area contributed by atoms with Gasteiger partial charge in [-0.2, -0.15) is 0 Å². The fourth-order valence-electron chi connectivity index (χ4n) is 2.90. The molecule has 0 aromatic heterocycles. The Morgan fingerprint density at radius 1 is 1.38 bits per heavy atom. The number of hydrogen-bond donors (Lipinski definition) is 1. The molecule has 1 aliphatic rings. The van der Waals surface area contributed by atoms with E-state index in [-0.39, 0.29) is 18.1 Å². The third kappa shape index (κ3) is 5.29. The number of carbonyl (C=O) groups is 1. The van der Waals surface area contributed by atoms with Crippen molar-refractivity contribution in [3.05, 3.63) is 29.0 Å². The van der Waals surface area contributed by atoms with Crippen molar-refractivity contribution in [1.82, 2.24) is 4.90 Å². The number of amides is 1. The maximum absolute atomic E-state index is 13.6. The zero-order chi connectivity index (χ0) is 15.2. The molecule has 1 amide bonds. The molecule has 21 heavy (non-hydrogen) atoms. The van der Waals surface area contributed by atoms with Crippen molar-refractivity contribution in [3.8, 4) is 0 Å². The number of nitrogens with one attached hydrogen (secondary N) is 1. The van der Waals surface area contributed by atoms with Gasteiger partial charge >= 0.3 is 0 Å². The van der Waals surface area contributed by atoms with E-state index in [1.54, 1.807) is 0 Å². The fourth-order valence-corrected chi connectivity index (χ4v) is 3.08. The number of nitrogens with zero attached hydrogens (tertiary/aromatic N) is 1. The third-order valence-corrected chi connectivity index (χ3v) is 4.15. The monoisotopic (exact) mass is 312 g/mol. The summed E-state index contributed by atoms with van der Waals surface area (Å²) >= 11 is 5.81. The quantitative estimate of drug-likeness (QED) is 0.893. The Bertz CT molecular complexity index is 489. The van der Waals surface area contributed by atoms with Crippen molar-refractivity contribution in [3.63, 3.8) is 0 Å². The number of halogens is 2. The minimum absolute atomic E-state index is 0.138. The molecule has 0 bridgehead atoms. The molecule has 1 aromatic rings. The van der Waals surface area contributed by atoms with Crippen LogP contribution in [0.5, 0.6) is 0 Å². The molecule has 0 saturated heterocycles. The van der Waals surface area contributed by atoms with Crippen LogP contribution >= 0.6 is 11.6 Å². The Morgan fingerprint density at radius 3 is 2.81 bits per heavy atom. The molecule has 1 saturated carbocycles. The van der Waals surface area contributed by atoms with Crippen molar-refractivity contribution in [2.75, 3.05) is 25.5 Å². The number of benzene rings is 1. The van der Waals surface area contributed by atoms with E-state index in [0.717, 1.165) is 6.54 Å². The summed E-state index contributed by atoms with van der Waals surface area (Å²) in [7, 11) is 1.93. The largest absolute Gasteiger partial charge is 0.322 e. The number of likely N-dealkylation sites (N-methyl/N-ethyl adjacent to an activating group) is 1. The SMILES string of the molecule is CN(CC(=O)Nc1cc(Cl)ccc1F)CC1CCCCC1. The molecular formula is C16H22ClFN2O. The highest BCUT2D eigenvalue weighted by atomic mass is 35.5.